The van der Waals surface area contributed by atoms with Gasteiger partial charge in [-0.1, -0.05) is 54.6 Å². The number of carbonyl (C=O) groups excluding carboxylic acids is 2. The van der Waals surface area contributed by atoms with E-state index in [0.717, 1.165) is 16.3 Å². The molecule has 0 saturated carbocycles. The minimum Gasteiger partial charge on any atom is -0.322 e. The molecule has 1 fully saturated rings. The standard InChI is InChI=1S/C26H19FN2O2S/c27-19-9-5-11-21(15-19)29-24(30)16-32-26(29)18-8-3-10-20(14-18)28-25(31)23-13-4-7-17-6-1-2-12-22(17)23/h1-15,26H,16H2,(H,28,31). The zero-order valence-corrected chi connectivity index (χ0v) is 17.8. The Kier molecular flexibility index (Phi) is 5.37. The molecule has 5 rings (SSSR count). The molecular weight excluding hydrogens is 423 g/mol. The quantitative estimate of drug-likeness (QED) is 0.421. The van der Waals surface area contributed by atoms with Crippen molar-refractivity contribution < 1.29 is 14.0 Å². The first-order chi connectivity index (χ1) is 15.6. The Morgan fingerprint density at radius 2 is 1.72 bits per heavy atom. The van der Waals surface area contributed by atoms with Crippen molar-refractivity contribution in [3.8, 4) is 0 Å². The van der Waals surface area contributed by atoms with E-state index < -0.39 is 0 Å². The topological polar surface area (TPSA) is 49.4 Å². The Bertz CT molecular complexity index is 1330. The van der Waals surface area contributed by atoms with Gasteiger partial charge in [0.25, 0.3) is 5.91 Å². The summed E-state index contributed by atoms with van der Waals surface area (Å²) in [6.45, 7) is 0. The largest absolute Gasteiger partial charge is 0.322 e. The van der Waals surface area contributed by atoms with E-state index in [1.54, 1.807) is 23.1 Å². The lowest BCUT2D eigenvalue weighted by molar-refractivity contribution is -0.115. The van der Waals surface area contributed by atoms with Crippen molar-refractivity contribution >= 4 is 45.7 Å². The maximum Gasteiger partial charge on any atom is 0.256 e. The number of thioether (sulfide) groups is 1. The molecule has 0 radical (unpaired) electrons. The number of halogens is 1. The molecule has 0 aromatic heterocycles. The number of fused-ring (bicyclic) bond motifs is 1. The van der Waals surface area contributed by atoms with Crippen LogP contribution in [-0.4, -0.2) is 17.6 Å². The average Bonchev–Trinajstić information content (AvgIpc) is 3.20. The third-order valence-electron chi connectivity index (χ3n) is 5.42. The number of nitrogens with one attached hydrogen (secondary N) is 1. The van der Waals surface area contributed by atoms with Crippen molar-refractivity contribution in [2.24, 2.45) is 0 Å². The minimum atomic E-state index is -0.387. The number of amides is 2. The van der Waals surface area contributed by atoms with Crippen molar-refractivity contribution in [3.63, 3.8) is 0 Å². The first-order valence-corrected chi connectivity index (χ1v) is 11.2. The van der Waals surface area contributed by atoms with E-state index in [2.05, 4.69) is 5.32 Å². The minimum absolute atomic E-state index is 0.0733. The molecule has 4 nitrogen and oxygen atoms in total. The summed E-state index contributed by atoms with van der Waals surface area (Å²) >= 11 is 1.48. The highest BCUT2D eigenvalue weighted by atomic mass is 32.2. The number of rotatable bonds is 4. The summed E-state index contributed by atoms with van der Waals surface area (Å²) in [5.74, 6) is -0.345. The van der Waals surface area contributed by atoms with Crippen molar-refractivity contribution in [3.05, 3.63) is 108 Å². The fourth-order valence-electron chi connectivity index (χ4n) is 3.97. The molecule has 0 aliphatic carbocycles. The molecule has 1 N–H and O–H groups in total. The van der Waals surface area contributed by atoms with Gasteiger partial charge < -0.3 is 5.32 Å². The molecule has 32 heavy (non-hydrogen) atoms. The molecule has 1 aliphatic rings. The monoisotopic (exact) mass is 442 g/mol. The predicted molar refractivity (Wildman–Crippen MR) is 127 cm³/mol. The summed E-state index contributed by atoms with van der Waals surface area (Å²) < 4.78 is 13.8. The molecule has 1 saturated heterocycles. The molecule has 2 amide bonds. The Hall–Kier alpha value is -3.64. The number of carbonyl (C=O) groups is 2. The first-order valence-electron chi connectivity index (χ1n) is 10.2. The molecule has 1 unspecified atom stereocenters. The highest BCUT2D eigenvalue weighted by Gasteiger charge is 2.34. The second-order valence-corrected chi connectivity index (χ2v) is 8.58. The van der Waals surface area contributed by atoms with Gasteiger partial charge in [-0.2, -0.15) is 0 Å². The molecule has 6 heteroatoms. The van der Waals surface area contributed by atoms with Crippen molar-refractivity contribution in [1.82, 2.24) is 0 Å². The Labute approximate surface area is 189 Å². The van der Waals surface area contributed by atoms with Gasteiger partial charge >= 0.3 is 0 Å². The lowest BCUT2D eigenvalue weighted by Crippen LogP contribution is -2.27. The molecule has 4 aromatic carbocycles. The fourth-order valence-corrected chi connectivity index (χ4v) is 5.13. The zero-order valence-electron chi connectivity index (χ0n) is 17.0. The Morgan fingerprint density at radius 1 is 0.938 bits per heavy atom. The Morgan fingerprint density at radius 3 is 2.59 bits per heavy atom. The van der Waals surface area contributed by atoms with E-state index in [-0.39, 0.29) is 23.0 Å². The SMILES string of the molecule is O=C(Nc1cccc(C2SCC(=O)N2c2cccc(F)c2)c1)c1cccc2ccccc12. The van der Waals surface area contributed by atoms with E-state index in [1.807, 2.05) is 60.7 Å². The van der Waals surface area contributed by atoms with E-state index in [9.17, 15) is 14.0 Å². The van der Waals surface area contributed by atoms with E-state index in [4.69, 9.17) is 0 Å². The van der Waals surface area contributed by atoms with Crippen LogP contribution in [0.4, 0.5) is 15.8 Å². The van der Waals surface area contributed by atoms with Crippen molar-refractivity contribution in [1.29, 1.82) is 0 Å². The summed E-state index contributed by atoms with van der Waals surface area (Å²) in [5, 5.41) is 4.57. The molecule has 0 spiro atoms. The van der Waals surface area contributed by atoms with Crippen LogP contribution in [0.15, 0.2) is 91.0 Å². The van der Waals surface area contributed by atoms with Crippen LogP contribution in [0, 0.1) is 5.82 Å². The molecule has 1 heterocycles. The van der Waals surface area contributed by atoms with Crippen LogP contribution in [0.25, 0.3) is 10.8 Å². The van der Waals surface area contributed by atoms with Gasteiger partial charge in [0, 0.05) is 16.9 Å². The smallest absolute Gasteiger partial charge is 0.256 e. The molecule has 158 valence electrons. The zero-order chi connectivity index (χ0) is 22.1. The van der Waals surface area contributed by atoms with Crippen molar-refractivity contribution in [2.75, 3.05) is 16.0 Å². The van der Waals surface area contributed by atoms with Crippen LogP contribution in [0.1, 0.15) is 21.3 Å². The lowest BCUT2D eigenvalue weighted by Gasteiger charge is -2.24. The second kappa shape index (κ2) is 8.48. The van der Waals surface area contributed by atoms with Gasteiger partial charge in [-0.3, -0.25) is 14.5 Å². The van der Waals surface area contributed by atoms with Gasteiger partial charge in [0.2, 0.25) is 5.91 Å². The molecule has 4 aromatic rings. The van der Waals surface area contributed by atoms with Crippen LogP contribution in [0.2, 0.25) is 0 Å². The lowest BCUT2D eigenvalue weighted by atomic mass is 10.0. The third-order valence-corrected chi connectivity index (χ3v) is 6.63. The Balaban J connectivity index is 1.43. The van der Waals surface area contributed by atoms with Crippen LogP contribution in [-0.2, 0) is 4.79 Å². The van der Waals surface area contributed by atoms with E-state index in [0.29, 0.717) is 22.7 Å². The van der Waals surface area contributed by atoms with Crippen molar-refractivity contribution in [2.45, 2.75) is 5.37 Å². The summed E-state index contributed by atoms with van der Waals surface area (Å²) in [6.07, 6.45) is 0. The normalized spacial score (nSPS) is 15.8. The molecule has 0 bridgehead atoms. The number of hydrogen-bond donors (Lipinski definition) is 1. The average molecular weight is 443 g/mol. The maximum atomic E-state index is 13.8. The molecule has 1 atom stereocenters. The summed E-state index contributed by atoms with van der Waals surface area (Å²) in [6, 6.07) is 26.9. The van der Waals surface area contributed by atoms with Crippen LogP contribution >= 0.6 is 11.8 Å². The molecule has 1 aliphatic heterocycles. The van der Waals surface area contributed by atoms with Gasteiger partial charge in [0.15, 0.2) is 0 Å². The van der Waals surface area contributed by atoms with Gasteiger partial charge in [0.1, 0.15) is 11.2 Å². The van der Waals surface area contributed by atoms with Crippen LogP contribution in [0.5, 0.6) is 0 Å². The first kappa shape index (κ1) is 20.3. The van der Waals surface area contributed by atoms with Crippen LogP contribution in [0.3, 0.4) is 0 Å². The summed E-state index contributed by atoms with van der Waals surface area (Å²) in [5.41, 5.74) is 2.62. The molecular formula is C26H19FN2O2S. The van der Waals surface area contributed by atoms with Gasteiger partial charge in [-0.25, -0.2) is 4.39 Å². The number of benzene rings is 4. The van der Waals surface area contributed by atoms with Gasteiger partial charge in [-0.05, 0) is 52.7 Å². The van der Waals surface area contributed by atoms with Crippen LogP contribution < -0.4 is 10.2 Å². The number of anilines is 2. The second-order valence-electron chi connectivity index (χ2n) is 7.51. The van der Waals surface area contributed by atoms with Gasteiger partial charge in [0.05, 0.1) is 5.75 Å². The maximum absolute atomic E-state index is 13.8. The highest BCUT2D eigenvalue weighted by molar-refractivity contribution is 8.00. The fraction of sp³-hybridized carbons (Fsp3) is 0.0769. The number of nitrogens with zero attached hydrogens (tertiary/aromatic N) is 1. The predicted octanol–water partition coefficient (Wildman–Crippen LogP) is 6.01. The van der Waals surface area contributed by atoms with Gasteiger partial charge in [-0.15, -0.1) is 11.8 Å². The summed E-state index contributed by atoms with van der Waals surface area (Å²) in [4.78, 5) is 27.2. The van der Waals surface area contributed by atoms with E-state index in [1.165, 1.54) is 23.9 Å². The van der Waals surface area contributed by atoms with E-state index >= 15 is 0 Å². The number of hydrogen-bond acceptors (Lipinski definition) is 3. The highest BCUT2D eigenvalue weighted by Crippen LogP contribution is 2.42. The summed E-state index contributed by atoms with van der Waals surface area (Å²) in [7, 11) is 0. The third kappa shape index (κ3) is 3.85.